The first-order valence-electron chi connectivity index (χ1n) is 14.3. The number of carbonyl (C=O) groups is 1. The van der Waals surface area contributed by atoms with Gasteiger partial charge in [-0.25, -0.2) is 19.0 Å². The first-order chi connectivity index (χ1) is 20.6. The van der Waals surface area contributed by atoms with Crippen molar-refractivity contribution < 1.29 is 13.9 Å². The average molecular weight is 583 g/mol. The van der Waals surface area contributed by atoms with Gasteiger partial charge in [0.15, 0.2) is 5.65 Å². The van der Waals surface area contributed by atoms with Gasteiger partial charge in [-0.1, -0.05) is 32.0 Å². The molecule has 1 fully saturated rings. The van der Waals surface area contributed by atoms with Crippen LogP contribution in [0.3, 0.4) is 0 Å². The minimum atomic E-state index is -0.544. The summed E-state index contributed by atoms with van der Waals surface area (Å²) in [6.45, 7) is 8.69. The highest BCUT2D eigenvalue weighted by atomic mass is 19.1. The third-order valence-electron chi connectivity index (χ3n) is 7.24. The van der Waals surface area contributed by atoms with E-state index in [0.717, 1.165) is 0 Å². The number of aromatic nitrogens is 4. The monoisotopic (exact) mass is 582 g/mol. The quantitative estimate of drug-likeness (QED) is 0.208. The van der Waals surface area contributed by atoms with Crippen LogP contribution in [0.2, 0.25) is 0 Å². The number of halogens is 1. The largest absolute Gasteiger partial charge is 0.457 e. The number of piperidine rings is 1. The van der Waals surface area contributed by atoms with Gasteiger partial charge in [-0.05, 0) is 57.0 Å². The number of nitrogen functional groups attached to an aromatic ring is 1. The number of nitriles is 1. The molecule has 3 N–H and O–H groups in total. The molecule has 10 nitrogen and oxygen atoms in total. The van der Waals surface area contributed by atoms with Crippen molar-refractivity contribution in [1.82, 2.24) is 30.0 Å². The normalized spacial score (nSPS) is 16.0. The zero-order valence-corrected chi connectivity index (χ0v) is 24.7. The van der Waals surface area contributed by atoms with Gasteiger partial charge in [-0.2, -0.15) is 10.4 Å². The Morgan fingerprint density at radius 1 is 1.21 bits per heavy atom. The summed E-state index contributed by atoms with van der Waals surface area (Å²) in [7, 11) is 0. The van der Waals surface area contributed by atoms with E-state index >= 15 is 4.39 Å². The Labute approximate surface area is 250 Å². The fourth-order valence-electron chi connectivity index (χ4n) is 5.61. The topological polar surface area (TPSA) is 135 Å². The average Bonchev–Trinajstić information content (AvgIpc) is 3.36. The Kier molecular flexibility index (Phi) is 8.41. The number of likely N-dealkylation sites (tertiary alicyclic amines) is 1. The predicted octanol–water partition coefficient (Wildman–Crippen LogP) is 5.40. The van der Waals surface area contributed by atoms with Crippen LogP contribution in [0.15, 0.2) is 66.5 Å². The lowest BCUT2D eigenvalue weighted by atomic mass is 9.98. The van der Waals surface area contributed by atoms with Crippen molar-refractivity contribution in [3.63, 3.8) is 0 Å². The van der Waals surface area contributed by atoms with E-state index in [-0.39, 0.29) is 34.9 Å². The van der Waals surface area contributed by atoms with E-state index in [0.29, 0.717) is 54.2 Å². The number of anilines is 1. The van der Waals surface area contributed by atoms with Crippen LogP contribution in [-0.2, 0) is 4.79 Å². The molecule has 5 rings (SSSR count). The molecule has 0 bridgehead atoms. The maximum absolute atomic E-state index is 15.6. The van der Waals surface area contributed by atoms with E-state index in [1.165, 1.54) is 12.4 Å². The zero-order chi connectivity index (χ0) is 30.7. The maximum atomic E-state index is 15.6. The fraction of sp³-hybridized carbons (Fsp3) is 0.344. The van der Waals surface area contributed by atoms with Crippen molar-refractivity contribution in [2.45, 2.75) is 58.2 Å². The number of fused-ring (bicyclic) bond motifs is 1. The van der Waals surface area contributed by atoms with Gasteiger partial charge < -0.3 is 20.7 Å². The summed E-state index contributed by atoms with van der Waals surface area (Å²) >= 11 is 0. The number of hydrogen-bond donors (Lipinski definition) is 2. The molecule has 43 heavy (non-hydrogen) atoms. The molecular weight excluding hydrogens is 547 g/mol. The smallest absolute Gasteiger partial charge is 0.264 e. The van der Waals surface area contributed by atoms with Crippen molar-refractivity contribution >= 4 is 22.8 Å². The fourth-order valence-corrected chi connectivity index (χ4v) is 5.61. The molecule has 0 spiro atoms. The summed E-state index contributed by atoms with van der Waals surface area (Å²) in [6.07, 6.45) is 4.43. The first-order valence-corrected chi connectivity index (χ1v) is 14.3. The van der Waals surface area contributed by atoms with Crippen LogP contribution in [0.4, 0.5) is 10.2 Å². The standard InChI is InChI=1S/C32H35FN8O2/c1-20(2)38-32(3,4)16-21(17-34)31(42)40-14-8-9-22(18-40)41-30-27(29(35)36-19-37-30)28(39-41)25-13-12-24(15-26(25)33)43-23-10-6-5-7-11-23/h5-7,10-13,15-16,19-20,22,38H,8-9,14,18H2,1-4H3,(H2,35,36,37)/b21-16-/t22-/m1/s1. The van der Waals surface area contributed by atoms with Crippen molar-refractivity contribution in [1.29, 1.82) is 5.26 Å². The molecule has 222 valence electrons. The minimum Gasteiger partial charge on any atom is -0.457 e. The molecule has 0 saturated carbocycles. The second kappa shape index (κ2) is 12.2. The summed E-state index contributed by atoms with van der Waals surface area (Å²) in [5.41, 5.74) is 6.80. The van der Waals surface area contributed by atoms with E-state index in [9.17, 15) is 10.1 Å². The Balaban J connectivity index is 1.46. The molecule has 1 aliphatic rings. The maximum Gasteiger partial charge on any atom is 0.264 e. The van der Waals surface area contributed by atoms with Crippen LogP contribution in [0.5, 0.6) is 11.5 Å². The van der Waals surface area contributed by atoms with Crippen LogP contribution < -0.4 is 15.8 Å². The number of nitrogens with one attached hydrogen (secondary N) is 1. The Morgan fingerprint density at radius 3 is 2.67 bits per heavy atom. The van der Waals surface area contributed by atoms with E-state index in [1.807, 2.05) is 45.9 Å². The Hall–Kier alpha value is -4.82. The van der Waals surface area contributed by atoms with Gasteiger partial charge in [0.1, 0.15) is 46.8 Å². The molecule has 3 heterocycles. The van der Waals surface area contributed by atoms with E-state index in [2.05, 4.69) is 21.4 Å². The SMILES string of the molecule is CC(C)NC(C)(C)/C=C(/C#N)C(=O)N1CCC[C@@H](n2nc(-c3ccc(Oc4ccccc4)cc3F)c3c(N)ncnc32)C1. The summed E-state index contributed by atoms with van der Waals surface area (Å²) < 4.78 is 23.0. The highest BCUT2D eigenvalue weighted by molar-refractivity contribution is 5.99. The number of benzene rings is 2. The molecule has 0 radical (unpaired) electrons. The van der Waals surface area contributed by atoms with Crippen LogP contribution in [0.1, 0.15) is 46.6 Å². The van der Waals surface area contributed by atoms with Crippen molar-refractivity contribution in [2.75, 3.05) is 18.8 Å². The van der Waals surface area contributed by atoms with Crippen LogP contribution in [-0.4, -0.2) is 55.2 Å². The Bertz CT molecular complexity index is 1710. The number of nitrogens with zero attached hydrogens (tertiary/aromatic N) is 6. The summed E-state index contributed by atoms with van der Waals surface area (Å²) in [4.78, 5) is 23.8. The van der Waals surface area contributed by atoms with Gasteiger partial charge in [-0.15, -0.1) is 0 Å². The molecule has 11 heteroatoms. The predicted molar refractivity (Wildman–Crippen MR) is 163 cm³/mol. The lowest BCUT2D eigenvalue weighted by molar-refractivity contribution is -0.128. The Morgan fingerprint density at radius 2 is 1.98 bits per heavy atom. The second-order valence-electron chi connectivity index (χ2n) is 11.5. The lowest BCUT2D eigenvalue weighted by Crippen LogP contribution is -2.44. The molecule has 1 aliphatic heterocycles. The van der Waals surface area contributed by atoms with Crippen molar-refractivity contribution in [3.8, 4) is 28.8 Å². The number of hydrogen-bond acceptors (Lipinski definition) is 8. The molecule has 4 aromatic rings. The van der Waals surface area contributed by atoms with Crippen molar-refractivity contribution in [2.24, 2.45) is 0 Å². The molecule has 1 saturated heterocycles. The van der Waals surface area contributed by atoms with E-state index in [4.69, 9.17) is 15.6 Å². The zero-order valence-electron chi connectivity index (χ0n) is 24.7. The molecule has 1 amide bonds. The van der Waals surface area contributed by atoms with Crippen molar-refractivity contribution in [3.05, 3.63) is 72.3 Å². The molecular formula is C32H35FN8O2. The highest BCUT2D eigenvalue weighted by Gasteiger charge is 2.31. The molecule has 0 aliphatic carbocycles. The minimum absolute atomic E-state index is 0.0799. The number of amides is 1. The summed E-state index contributed by atoms with van der Waals surface area (Å²) in [5, 5.41) is 18.4. The van der Waals surface area contributed by atoms with Gasteiger partial charge in [0.2, 0.25) is 0 Å². The number of rotatable bonds is 8. The van der Waals surface area contributed by atoms with Crippen LogP contribution in [0, 0.1) is 17.1 Å². The van der Waals surface area contributed by atoms with Gasteiger partial charge in [0, 0.05) is 36.3 Å². The van der Waals surface area contributed by atoms with Crippen LogP contribution in [0.25, 0.3) is 22.3 Å². The number of nitrogens with two attached hydrogens (primary N) is 1. The third kappa shape index (κ3) is 6.49. The van der Waals surface area contributed by atoms with Gasteiger partial charge in [0.25, 0.3) is 5.91 Å². The highest BCUT2D eigenvalue weighted by Crippen LogP contribution is 2.36. The second-order valence-corrected chi connectivity index (χ2v) is 11.5. The molecule has 0 unspecified atom stereocenters. The van der Waals surface area contributed by atoms with Crippen LogP contribution >= 0.6 is 0 Å². The van der Waals surface area contributed by atoms with E-state index in [1.54, 1.807) is 39.9 Å². The molecule has 1 atom stereocenters. The lowest BCUT2D eigenvalue weighted by Gasteiger charge is -2.33. The number of carbonyl (C=O) groups excluding carboxylic acids is 1. The van der Waals surface area contributed by atoms with Gasteiger partial charge in [-0.3, -0.25) is 4.79 Å². The van der Waals surface area contributed by atoms with E-state index < -0.39 is 11.4 Å². The van der Waals surface area contributed by atoms with Gasteiger partial charge in [0.05, 0.1) is 11.4 Å². The van der Waals surface area contributed by atoms with Gasteiger partial charge >= 0.3 is 0 Å². The number of para-hydroxylation sites is 1. The first kappa shape index (κ1) is 29.7. The summed E-state index contributed by atoms with van der Waals surface area (Å²) in [5.74, 6) is 0.234. The molecule has 2 aromatic heterocycles. The number of ether oxygens (including phenoxy) is 1. The molecule has 2 aromatic carbocycles. The third-order valence-corrected chi connectivity index (χ3v) is 7.24. The summed E-state index contributed by atoms with van der Waals surface area (Å²) in [6, 6.07) is 15.7.